The first kappa shape index (κ1) is 16.9. The van der Waals surface area contributed by atoms with Gasteiger partial charge in [-0.2, -0.15) is 0 Å². The van der Waals surface area contributed by atoms with E-state index in [1.807, 2.05) is 12.1 Å². The largest absolute Gasteiger partial charge is 0.454 e. The molecule has 0 aliphatic carbocycles. The maximum Gasteiger partial charge on any atom is 0.162 e. The van der Waals surface area contributed by atoms with Gasteiger partial charge in [-0.25, -0.2) is 0 Å². The van der Waals surface area contributed by atoms with Gasteiger partial charge in [-0.3, -0.25) is 0 Å². The summed E-state index contributed by atoms with van der Waals surface area (Å²) in [5, 5.41) is 0. The van der Waals surface area contributed by atoms with Gasteiger partial charge in [0, 0.05) is 37.4 Å². The molecule has 0 radical (unpaired) electrons. The number of para-hydroxylation sites is 1. The average Bonchev–Trinajstić information content (AvgIpc) is 3.19. The summed E-state index contributed by atoms with van der Waals surface area (Å²) in [5.74, 6) is 1.65. The van der Waals surface area contributed by atoms with Crippen molar-refractivity contribution in [1.29, 1.82) is 0 Å². The molecule has 4 rings (SSSR count). The molecular formula is C22H22N2OS. The Bertz CT molecular complexity index is 878. The summed E-state index contributed by atoms with van der Waals surface area (Å²) >= 11 is 5.69. The summed E-state index contributed by atoms with van der Waals surface area (Å²) in [7, 11) is 0. The molecule has 2 aromatic carbocycles. The van der Waals surface area contributed by atoms with Gasteiger partial charge in [0.05, 0.1) is 0 Å². The van der Waals surface area contributed by atoms with E-state index in [-0.39, 0.29) is 0 Å². The van der Waals surface area contributed by atoms with Crippen molar-refractivity contribution in [3.63, 3.8) is 0 Å². The third-order valence-electron chi connectivity index (χ3n) is 4.84. The molecule has 0 unspecified atom stereocenters. The van der Waals surface area contributed by atoms with Crippen molar-refractivity contribution in [2.75, 3.05) is 31.1 Å². The lowest BCUT2D eigenvalue weighted by Gasteiger charge is -2.37. The number of benzene rings is 2. The summed E-state index contributed by atoms with van der Waals surface area (Å²) in [4.78, 5) is 5.45. The lowest BCUT2D eigenvalue weighted by molar-refractivity contribution is 0.385. The second-order valence-corrected chi connectivity index (χ2v) is 7.03. The van der Waals surface area contributed by atoms with Gasteiger partial charge in [0.15, 0.2) is 5.76 Å². The third-order valence-corrected chi connectivity index (χ3v) is 5.30. The molecule has 2 heterocycles. The van der Waals surface area contributed by atoms with Crippen molar-refractivity contribution >= 4 is 22.9 Å². The molecule has 0 saturated carbocycles. The molecule has 1 aliphatic heterocycles. The minimum Gasteiger partial charge on any atom is -0.454 e. The van der Waals surface area contributed by atoms with Crippen molar-refractivity contribution < 1.29 is 4.42 Å². The fourth-order valence-electron chi connectivity index (χ4n) is 3.29. The highest BCUT2D eigenvalue weighted by Crippen LogP contribution is 2.24. The van der Waals surface area contributed by atoms with Crippen molar-refractivity contribution in [1.82, 2.24) is 4.90 Å². The topological polar surface area (TPSA) is 19.6 Å². The molecule has 26 heavy (non-hydrogen) atoms. The number of thiocarbonyl (C=S) groups is 1. The second-order valence-electron chi connectivity index (χ2n) is 6.64. The van der Waals surface area contributed by atoms with Gasteiger partial charge >= 0.3 is 0 Å². The van der Waals surface area contributed by atoms with E-state index < -0.39 is 0 Å². The molecule has 3 aromatic rings. The monoisotopic (exact) mass is 362 g/mol. The zero-order valence-corrected chi connectivity index (χ0v) is 15.7. The molecule has 0 amide bonds. The summed E-state index contributed by atoms with van der Waals surface area (Å²) in [6.45, 7) is 5.84. The van der Waals surface area contributed by atoms with Gasteiger partial charge in [-0.05, 0) is 31.2 Å². The van der Waals surface area contributed by atoms with Crippen LogP contribution in [0.15, 0.2) is 71.1 Å². The zero-order chi connectivity index (χ0) is 17.9. The fourth-order valence-corrected chi connectivity index (χ4v) is 3.58. The van der Waals surface area contributed by atoms with Gasteiger partial charge in [0.1, 0.15) is 10.7 Å². The van der Waals surface area contributed by atoms with E-state index in [1.54, 1.807) is 0 Å². The summed E-state index contributed by atoms with van der Waals surface area (Å²) in [5.41, 5.74) is 3.60. The molecule has 1 aliphatic rings. The van der Waals surface area contributed by atoms with Crippen LogP contribution >= 0.6 is 12.2 Å². The molecule has 4 heteroatoms. The second kappa shape index (κ2) is 7.34. The Hall–Kier alpha value is -2.59. The molecule has 1 saturated heterocycles. The molecule has 0 bridgehead atoms. The van der Waals surface area contributed by atoms with E-state index in [9.17, 15) is 0 Å². The van der Waals surface area contributed by atoms with Crippen LogP contribution in [0.1, 0.15) is 11.3 Å². The van der Waals surface area contributed by atoms with Crippen LogP contribution in [-0.4, -0.2) is 36.1 Å². The molecule has 0 spiro atoms. The van der Waals surface area contributed by atoms with Crippen LogP contribution in [0.25, 0.3) is 11.3 Å². The van der Waals surface area contributed by atoms with Crippen LogP contribution in [0.3, 0.4) is 0 Å². The Labute approximate surface area is 159 Å². The molecule has 132 valence electrons. The molecule has 1 fully saturated rings. The first-order chi connectivity index (χ1) is 12.7. The summed E-state index contributed by atoms with van der Waals surface area (Å²) < 4.78 is 6.04. The molecule has 1 aromatic heterocycles. The minimum atomic E-state index is 0.781. The highest BCUT2D eigenvalue weighted by Gasteiger charge is 2.21. The first-order valence-corrected chi connectivity index (χ1v) is 9.38. The van der Waals surface area contributed by atoms with Crippen LogP contribution in [0.5, 0.6) is 0 Å². The standard InChI is InChI=1S/C22H22N2OS/c1-17-7-9-18(10-8-17)20-11-12-21(25-20)22(26)24-15-13-23(14-16-24)19-5-3-2-4-6-19/h2-12H,13-16H2,1H3. The number of nitrogens with zero attached hydrogens (tertiary/aromatic N) is 2. The number of furan rings is 1. The SMILES string of the molecule is Cc1ccc(-c2ccc(C(=S)N3CCN(c4ccccc4)CC3)o2)cc1. The van der Waals surface area contributed by atoms with Gasteiger partial charge < -0.3 is 14.2 Å². The Balaban J connectivity index is 1.42. The predicted molar refractivity (Wildman–Crippen MR) is 111 cm³/mol. The highest BCUT2D eigenvalue weighted by molar-refractivity contribution is 7.80. The molecule has 3 nitrogen and oxygen atoms in total. The van der Waals surface area contributed by atoms with E-state index in [4.69, 9.17) is 16.6 Å². The summed E-state index contributed by atoms with van der Waals surface area (Å²) in [6, 6.07) is 22.9. The number of anilines is 1. The number of hydrogen-bond donors (Lipinski definition) is 0. The Morgan fingerprint density at radius 3 is 2.23 bits per heavy atom. The quantitative estimate of drug-likeness (QED) is 0.626. The maximum atomic E-state index is 6.04. The van der Waals surface area contributed by atoms with Gasteiger partial charge in [0.25, 0.3) is 0 Å². The van der Waals surface area contributed by atoms with Crippen LogP contribution in [0.2, 0.25) is 0 Å². The van der Waals surface area contributed by atoms with Crippen molar-refractivity contribution in [2.45, 2.75) is 6.92 Å². The van der Waals surface area contributed by atoms with E-state index in [0.29, 0.717) is 0 Å². The molecular weight excluding hydrogens is 340 g/mol. The predicted octanol–water partition coefficient (Wildman–Crippen LogP) is 4.75. The lowest BCUT2D eigenvalue weighted by Crippen LogP contribution is -2.48. The van der Waals surface area contributed by atoms with E-state index in [2.05, 4.69) is 71.3 Å². The van der Waals surface area contributed by atoms with Crippen LogP contribution in [0, 0.1) is 6.92 Å². The van der Waals surface area contributed by atoms with Crippen LogP contribution in [0.4, 0.5) is 5.69 Å². The normalized spacial score (nSPS) is 14.5. The minimum absolute atomic E-state index is 0.781. The molecule has 0 N–H and O–H groups in total. The lowest BCUT2D eigenvalue weighted by atomic mass is 10.1. The van der Waals surface area contributed by atoms with Crippen molar-refractivity contribution in [3.8, 4) is 11.3 Å². The smallest absolute Gasteiger partial charge is 0.162 e. The summed E-state index contributed by atoms with van der Waals surface area (Å²) in [6.07, 6.45) is 0. The van der Waals surface area contributed by atoms with Gasteiger partial charge in [-0.15, -0.1) is 0 Å². The van der Waals surface area contributed by atoms with Crippen LogP contribution < -0.4 is 4.90 Å². The average molecular weight is 362 g/mol. The van der Waals surface area contributed by atoms with Gasteiger partial charge in [-0.1, -0.05) is 60.2 Å². The van der Waals surface area contributed by atoms with E-state index in [1.165, 1.54) is 11.3 Å². The van der Waals surface area contributed by atoms with E-state index in [0.717, 1.165) is 48.3 Å². The Morgan fingerprint density at radius 2 is 1.54 bits per heavy atom. The van der Waals surface area contributed by atoms with Gasteiger partial charge in [0.2, 0.25) is 0 Å². The molecule has 0 atom stereocenters. The van der Waals surface area contributed by atoms with Crippen molar-refractivity contribution in [3.05, 3.63) is 78.1 Å². The number of piperazine rings is 1. The fraction of sp³-hybridized carbons (Fsp3) is 0.227. The van der Waals surface area contributed by atoms with Crippen molar-refractivity contribution in [2.24, 2.45) is 0 Å². The number of hydrogen-bond acceptors (Lipinski definition) is 3. The number of rotatable bonds is 3. The maximum absolute atomic E-state index is 6.04. The third kappa shape index (κ3) is 3.51. The van der Waals surface area contributed by atoms with Crippen LogP contribution in [-0.2, 0) is 0 Å². The van der Waals surface area contributed by atoms with E-state index >= 15 is 0 Å². The zero-order valence-electron chi connectivity index (χ0n) is 14.9. The number of aryl methyl sites for hydroxylation is 1. The Morgan fingerprint density at radius 1 is 0.846 bits per heavy atom. The highest BCUT2D eigenvalue weighted by atomic mass is 32.1. The Kier molecular flexibility index (Phi) is 4.76. The first-order valence-electron chi connectivity index (χ1n) is 8.97.